The molecule has 1 aliphatic rings. The zero-order valence-electron chi connectivity index (χ0n) is 7.77. The van der Waals surface area contributed by atoms with Crippen LogP contribution in [-0.4, -0.2) is 0 Å². The molecule has 0 radical (unpaired) electrons. The van der Waals surface area contributed by atoms with E-state index in [1.165, 1.54) is 24.8 Å². The van der Waals surface area contributed by atoms with E-state index in [9.17, 15) is 0 Å². The quantitative estimate of drug-likeness (QED) is 0.543. The van der Waals surface area contributed by atoms with Crippen molar-refractivity contribution >= 4 is 0 Å². The highest BCUT2D eigenvalue weighted by Gasteiger charge is 1.95. The van der Waals surface area contributed by atoms with Gasteiger partial charge in [-0.3, -0.25) is 0 Å². The Morgan fingerprint density at radius 1 is 1.42 bits per heavy atom. The molecule has 0 aromatic heterocycles. The highest BCUT2D eigenvalue weighted by Crippen LogP contribution is 2.14. The monoisotopic (exact) mass is 160 g/mol. The summed E-state index contributed by atoms with van der Waals surface area (Å²) >= 11 is 0. The number of rotatable bonds is 2. The van der Waals surface area contributed by atoms with Crippen molar-refractivity contribution in [2.45, 2.75) is 39.0 Å². The average Bonchev–Trinajstić information content (AvgIpc) is 2.14. The van der Waals surface area contributed by atoms with E-state index in [0.717, 1.165) is 12.8 Å². The lowest BCUT2D eigenvalue weighted by Crippen LogP contribution is -1.85. The molecule has 0 N–H and O–H groups in total. The van der Waals surface area contributed by atoms with Crippen LogP contribution in [0, 0.1) is 11.8 Å². The Kier molecular flexibility index (Phi) is 4.31. The minimum Gasteiger partial charge on any atom is -0.103 e. The largest absolute Gasteiger partial charge is 0.103 e. The first kappa shape index (κ1) is 9.13. The Balaban J connectivity index is 2.27. The van der Waals surface area contributed by atoms with Crippen molar-refractivity contribution in [3.63, 3.8) is 0 Å². The molecule has 0 spiro atoms. The molecule has 12 heavy (non-hydrogen) atoms. The van der Waals surface area contributed by atoms with E-state index in [-0.39, 0.29) is 0 Å². The molecule has 0 aromatic carbocycles. The highest BCUT2D eigenvalue weighted by molar-refractivity contribution is 5.22. The minimum absolute atomic E-state index is 0.977. The zero-order chi connectivity index (χ0) is 8.65. The lowest BCUT2D eigenvalue weighted by Gasteiger charge is -2.03. The van der Waals surface area contributed by atoms with E-state index in [0.29, 0.717) is 0 Å². The first-order valence-corrected chi connectivity index (χ1v) is 4.73. The van der Waals surface area contributed by atoms with Crippen molar-refractivity contribution in [1.29, 1.82) is 0 Å². The summed E-state index contributed by atoms with van der Waals surface area (Å²) < 4.78 is 0. The second-order valence-corrected chi connectivity index (χ2v) is 3.07. The third kappa shape index (κ3) is 3.44. The van der Waals surface area contributed by atoms with Crippen LogP contribution in [0.25, 0.3) is 0 Å². The molecule has 0 unspecified atom stereocenters. The van der Waals surface area contributed by atoms with Gasteiger partial charge in [0.25, 0.3) is 0 Å². The molecule has 0 saturated carbocycles. The van der Waals surface area contributed by atoms with Crippen molar-refractivity contribution in [2.24, 2.45) is 0 Å². The fourth-order valence-corrected chi connectivity index (χ4v) is 1.19. The maximum absolute atomic E-state index is 3.20. The van der Waals surface area contributed by atoms with E-state index >= 15 is 0 Å². The van der Waals surface area contributed by atoms with Crippen LogP contribution in [0.1, 0.15) is 39.0 Å². The Bertz CT molecular complexity index is 232. The maximum Gasteiger partial charge on any atom is 0.0302 e. The van der Waals surface area contributed by atoms with Gasteiger partial charge in [0.15, 0.2) is 0 Å². The van der Waals surface area contributed by atoms with Crippen molar-refractivity contribution in [3.05, 3.63) is 23.8 Å². The smallest absolute Gasteiger partial charge is 0.0302 e. The minimum atomic E-state index is 0.977. The topological polar surface area (TPSA) is 0 Å². The first-order chi connectivity index (χ1) is 5.93. The van der Waals surface area contributed by atoms with Crippen LogP contribution in [-0.2, 0) is 0 Å². The second kappa shape index (κ2) is 5.66. The Morgan fingerprint density at radius 2 is 2.33 bits per heavy atom. The predicted molar refractivity (Wildman–Crippen MR) is 53.8 cm³/mol. The fourth-order valence-electron chi connectivity index (χ4n) is 1.19. The molecule has 0 heterocycles. The Morgan fingerprint density at radius 3 is 3.00 bits per heavy atom. The van der Waals surface area contributed by atoms with Gasteiger partial charge in [-0.25, -0.2) is 0 Å². The molecule has 0 heteroatoms. The van der Waals surface area contributed by atoms with Crippen LogP contribution in [0.3, 0.4) is 0 Å². The summed E-state index contributed by atoms with van der Waals surface area (Å²) in [5.41, 5.74) is 1.49. The van der Waals surface area contributed by atoms with Crippen molar-refractivity contribution in [2.75, 3.05) is 0 Å². The van der Waals surface area contributed by atoms with Gasteiger partial charge in [0, 0.05) is 12.8 Å². The van der Waals surface area contributed by atoms with E-state index in [1.54, 1.807) is 0 Å². The Hall–Kier alpha value is -0.960. The van der Waals surface area contributed by atoms with Gasteiger partial charge in [0.2, 0.25) is 0 Å². The van der Waals surface area contributed by atoms with Gasteiger partial charge in [0.1, 0.15) is 0 Å². The molecule has 64 valence electrons. The van der Waals surface area contributed by atoms with Gasteiger partial charge < -0.3 is 0 Å². The molecule has 0 atom stereocenters. The molecule has 1 aliphatic carbocycles. The van der Waals surface area contributed by atoms with E-state index in [1.807, 2.05) is 0 Å². The van der Waals surface area contributed by atoms with E-state index in [4.69, 9.17) is 0 Å². The fraction of sp³-hybridized carbons (Fsp3) is 0.500. The van der Waals surface area contributed by atoms with Crippen LogP contribution < -0.4 is 0 Å². The van der Waals surface area contributed by atoms with Crippen molar-refractivity contribution in [3.8, 4) is 11.8 Å². The number of hydrogen-bond acceptors (Lipinski definition) is 0. The first-order valence-electron chi connectivity index (χ1n) is 4.73. The molecule has 0 nitrogen and oxygen atoms in total. The van der Waals surface area contributed by atoms with Gasteiger partial charge in [-0.15, -0.1) is 5.92 Å². The van der Waals surface area contributed by atoms with Gasteiger partial charge in [-0.1, -0.05) is 36.6 Å². The Labute approximate surface area is 75.4 Å². The lowest BCUT2D eigenvalue weighted by molar-refractivity contribution is 0.930. The standard InChI is InChI=1S/C12H16/c1-2-3-4-6-9-12-10-7-5-8-11-12/h5,7,10H,2-3,8-9,11H2,1H3. The molecule has 0 bridgehead atoms. The van der Waals surface area contributed by atoms with Crippen LogP contribution in [0.5, 0.6) is 0 Å². The van der Waals surface area contributed by atoms with E-state index < -0.39 is 0 Å². The molecule has 0 fully saturated rings. The van der Waals surface area contributed by atoms with Crippen molar-refractivity contribution in [1.82, 2.24) is 0 Å². The van der Waals surface area contributed by atoms with Gasteiger partial charge in [0.05, 0.1) is 0 Å². The SMILES string of the molecule is CCCC#CCC1=CC=CCC1. The summed E-state index contributed by atoms with van der Waals surface area (Å²) in [4.78, 5) is 0. The van der Waals surface area contributed by atoms with Crippen LogP contribution in [0.2, 0.25) is 0 Å². The van der Waals surface area contributed by atoms with Gasteiger partial charge in [-0.05, 0) is 19.3 Å². The average molecular weight is 160 g/mol. The van der Waals surface area contributed by atoms with Crippen molar-refractivity contribution < 1.29 is 0 Å². The zero-order valence-corrected chi connectivity index (χ0v) is 7.77. The summed E-state index contributed by atoms with van der Waals surface area (Å²) in [6.07, 6.45) is 12.1. The molecule has 1 rings (SSSR count). The maximum atomic E-state index is 3.20. The molecular weight excluding hydrogens is 144 g/mol. The molecule has 0 aliphatic heterocycles. The molecule has 0 aromatic rings. The summed E-state index contributed by atoms with van der Waals surface area (Å²) in [5, 5.41) is 0. The molecule has 0 saturated heterocycles. The van der Waals surface area contributed by atoms with Crippen LogP contribution in [0.4, 0.5) is 0 Å². The number of allylic oxidation sites excluding steroid dienone is 4. The number of unbranched alkanes of at least 4 members (excludes halogenated alkanes) is 1. The number of hydrogen-bond donors (Lipinski definition) is 0. The van der Waals surface area contributed by atoms with Crippen LogP contribution in [0.15, 0.2) is 23.8 Å². The van der Waals surface area contributed by atoms with Crippen LogP contribution >= 0.6 is 0 Å². The lowest BCUT2D eigenvalue weighted by atomic mass is 10.0. The predicted octanol–water partition coefficient (Wildman–Crippen LogP) is 3.46. The third-order valence-corrected chi connectivity index (χ3v) is 1.92. The summed E-state index contributed by atoms with van der Waals surface area (Å²) in [6.45, 7) is 2.16. The van der Waals surface area contributed by atoms with E-state index in [2.05, 4.69) is 37.0 Å². The summed E-state index contributed by atoms with van der Waals surface area (Å²) in [6, 6.07) is 0. The highest BCUT2D eigenvalue weighted by atomic mass is 14.0. The summed E-state index contributed by atoms with van der Waals surface area (Å²) in [7, 11) is 0. The van der Waals surface area contributed by atoms with Gasteiger partial charge in [-0.2, -0.15) is 0 Å². The van der Waals surface area contributed by atoms with Gasteiger partial charge >= 0.3 is 0 Å². The normalized spacial score (nSPS) is 14.9. The molecular formula is C12H16. The second-order valence-electron chi connectivity index (χ2n) is 3.07. The summed E-state index contributed by atoms with van der Waals surface area (Å²) in [5.74, 6) is 6.37. The third-order valence-electron chi connectivity index (χ3n) is 1.92. The molecule has 0 amide bonds.